The van der Waals surface area contributed by atoms with Crippen LogP contribution in [0, 0.1) is 0 Å². The van der Waals surface area contributed by atoms with Gasteiger partial charge in [-0.25, -0.2) is 5.43 Å². The number of carbonyl (C=O) groups excluding carboxylic acids is 1. The summed E-state index contributed by atoms with van der Waals surface area (Å²) >= 11 is 4.78. The van der Waals surface area contributed by atoms with Crippen LogP contribution in [0.5, 0.6) is 0 Å². The van der Waals surface area contributed by atoms with Gasteiger partial charge in [-0.2, -0.15) is 5.10 Å². The summed E-state index contributed by atoms with van der Waals surface area (Å²) in [5, 5.41) is 15.4. The molecule has 0 spiro atoms. The van der Waals surface area contributed by atoms with Crippen LogP contribution in [0.25, 0.3) is 22.2 Å². The number of hydrogen-bond donors (Lipinski definition) is 1. The minimum atomic E-state index is -0.205. The number of halogens is 1. The Bertz CT molecular complexity index is 1230. The first-order valence-corrected chi connectivity index (χ1v) is 11.0. The quantitative estimate of drug-likeness (QED) is 0.248. The number of benzene rings is 3. The third kappa shape index (κ3) is 4.60. The van der Waals surface area contributed by atoms with Gasteiger partial charge in [-0.3, -0.25) is 4.79 Å². The zero-order valence-electron chi connectivity index (χ0n) is 16.1. The molecule has 0 aliphatic carbocycles. The molecule has 0 bridgehead atoms. The molecule has 1 aromatic heterocycles. The van der Waals surface area contributed by atoms with Crippen LogP contribution in [-0.2, 0) is 11.8 Å². The van der Waals surface area contributed by atoms with Gasteiger partial charge in [-0.15, -0.1) is 10.2 Å². The van der Waals surface area contributed by atoms with Crippen LogP contribution in [0.15, 0.2) is 81.5 Å². The molecule has 0 saturated carbocycles. The summed E-state index contributed by atoms with van der Waals surface area (Å²) in [5.41, 5.74) is 4.48. The van der Waals surface area contributed by atoms with Crippen molar-refractivity contribution in [3.63, 3.8) is 0 Å². The van der Waals surface area contributed by atoms with Gasteiger partial charge < -0.3 is 4.57 Å². The van der Waals surface area contributed by atoms with Crippen LogP contribution in [0.1, 0.15) is 5.56 Å². The number of aromatic nitrogens is 3. The highest BCUT2D eigenvalue weighted by Crippen LogP contribution is 2.24. The average Bonchev–Trinajstić information content (AvgIpc) is 3.13. The summed E-state index contributed by atoms with van der Waals surface area (Å²) in [4.78, 5) is 12.2. The van der Waals surface area contributed by atoms with Gasteiger partial charge in [0.05, 0.1) is 12.0 Å². The Morgan fingerprint density at radius 2 is 1.93 bits per heavy atom. The molecule has 0 atom stereocenters. The SMILES string of the molecule is Cn1c(SCC(=O)N/N=C/c2cccc3ccccc23)nnc1-c1cccc(Br)c1. The molecule has 150 valence electrons. The first-order chi connectivity index (χ1) is 14.6. The number of nitrogens with zero attached hydrogens (tertiary/aromatic N) is 4. The molecular weight excluding hydrogens is 462 g/mol. The number of hydrogen-bond acceptors (Lipinski definition) is 5. The van der Waals surface area contributed by atoms with E-state index >= 15 is 0 Å². The molecule has 8 heteroatoms. The molecule has 1 amide bonds. The molecule has 0 fully saturated rings. The lowest BCUT2D eigenvalue weighted by Crippen LogP contribution is -2.19. The molecule has 4 rings (SSSR count). The largest absolute Gasteiger partial charge is 0.305 e. The third-order valence-corrected chi connectivity index (χ3v) is 5.98. The maximum absolute atomic E-state index is 12.2. The third-order valence-electron chi connectivity index (χ3n) is 4.47. The summed E-state index contributed by atoms with van der Waals surface area (Å²) in [5.74, 6) is 0.730. The summed E-state index contributed by atoms with van der Waals surface area (Å²) < 4.78 is 2.85. The number of hydrazone groups is 1. The maximum atomic E-state index is 12.2. The van der Waals surface area contributed by atoms with Gasteiger partial charge in [0.15, 0.2) is 11.0 Å². The van der Waals surface area contributed by atoms with Crippen molar-refractivity contribution in [2.75, 3.05) is 5.75 Å². The summed E-state index contributed by atoms with van der Waals surface area (Å²) in [7, 11) is 1.88. The second-order valence-corrected chi connectivity index (χ2v) is 8.38. The summed E-state index contributed by atoms with van der Waals surface area (Å²) in [6, 6.07) is 21.9. The molecule has 4 aromatic rings. The van der Waals surface area contributed by atoms with Crippen LogP contribution in [0.3, 0.4) is 0 Å². The Hall–Kier alpha value is -2.97. The number of carbonyl (C=O) groups is 1. The van der Waals surface area contributed by atoms with Gasteiger partial charge in [-0.1, -0.05) is 82.3 Å². The van der Waals surface area contributed by atoms with Crippen molar-refractivity contribution in [3.8, 4) is 11.4 Å². The summed E-state index contributed by atoms with van der Waals surface area (Å²) in [6.07, 6.45) is 1.67. The molecule has 0 aliphatic heterocycles. The molecule has 1 heterocycles. The Balaban J connectivity index is 1.37. The highest BCUT2D eigenvalue weighted by Gasteiger charge is 2.13. The van der Waals surface area contributed by atoms with Gasteiger partial charge in [-0.05, 0) is 22.9 Å². The average molecular weight is 480 g/mol. The minimum Gasteiger partial charge on any atom is -0.305 e. The molecule has 3 aromatic carbocycles. The predicted molar refractivity (Wildman–Crippen MR) is 125 cm³/mol. The molecule has 1 N–H and O–H groups in total. The number of rotatable bonds is 6. The van der Waals surface area contributed by atoms with Crippen molar-refractivity contribution >= 4 is 50.6 Å². The highest BCUT2D eigenvalue weighted by atomic mass is 79.9. The van der Waals surface area contributed by atoms with E-state index in [0.717, 1.165) is 32.2 Å². The number of thioether (sulfide) groups is 1. The van der Waals surface area contributed by atoms with Crippen LogP contribution in [-0.4, -0.2) is 32.6 Å². The zero-order valence-corrected chi connectivity index (χ0v) is 18.5. The van der Waals surface area contributed by atoms with Crippen LogP contribution < -0.4 is 5.43 Å². The van der Waals surface area contributed by atoms with Crippen molar-refractivity contribution < 1.29 is 4.79 Å². The summed E-state index contributed by atoms with van der Waals surface area (Å²) in [6.45, 7) is 0. The fourth-order valence-electron chi connectivity index (χ4n) is 3.02. The molecular formula is C22H18BrN5OS. The highest BCUT2D eigenvalue weighted by molar-refractivity contribution is 9.10. The Labute approximate surface area is 186 Å². The second-order valence-electron chi connectivity index (χ2n) is 6.53. The smallest absolute Gasteiger partial charge is 0.250 e. The molecule has 0 radical (unpaired) electrons. The first kappa shape index (κ1) is 20.3. The lowest BCUT2D eigenvalue weighted by atomic mass is 10.1. The van der Waals surface area contributed by atoms with E-state index in [-0.39, 0.29) is 11.7 Å². The van der Waals surface area contributed by atoms with Crippen molar-refractivity contribution in [2.45, 2.75) is 5.16 Å². The first-order valence-electron chi connectivity index (χ1n) is 9.19. The molecule has 6 nitrogen and oxygen atoms in total. The van der Waals surface area contributed by atoms with Crippen molar-refractivity contribution in [1.29, 1.82) is 0 Å². The normalized spacial score (nSPS) is 11.3. The maximum Gasteiger partial charge on any atom is 0.250 e. The van der Waals surface area contributed by atoms with Crippen molar-refractivity contribution in [2.24, 2.45) is 12.1 Å². The monoisotopic (exact) mass is 479 g/mol. The van der Waals surface area contributed by atoms with Crippen LogP contribution in [0.2, 0.25) is 0 Å². The van der Waals surface area contributed by atoms with Crippen LogP contribution >= 0.6 is 27.7 Å². The molecule has 0 saturated heterocycles. The van der Waals surface area contributed by atoms with E-state index in [1.54, 1.807) is 6.21 Å². The van der Waals surface area contributed by atoms with E-state index in [4.69, 9.17) is 0 Å². The molecule has 0 aliphatic rings. The van der Waals surface area contributed by atoms with Gasteiger partial charge in [0, 0.05) is 22.6 Å². The Morgan fingerprint density at radius 3 is 2.80 bits per heavy atom. The fraction of sp³-hybridized carbons (Fsp3) is 0.0909. The number of fused-ring (bicyclic) bond motifs is 1. The van der Waals surface area contributed by atoms with Crippen molar-refractivity contribution in [1.82, 2.24) is 20.2 Å². The van der Waals surface area contributed by atoms with E-state index in [2.05, 4.69) is 36.7 Å². The lowest BCUT2D eigenvalue weighted by Gasteiger charge is -2.04. The van der Waals surface area contributed by atoms with E-state index in [9.17, 15) is 4.79 Å². The van der Waals surface area contributed by atoms with E-state index in [0.29, 0.717) is 5.16 Å². The number of amides is 1. The van der Waals surface area contributed by atoms with Crippen LogP contribution in [0.4, 0.5) is 0 Å². The molecule has 0 unspecified atom stereocenters. The van der Waals surface area contributed by atoms with E-state index < -0.39 is 0 Å². The standard InChI is InChI=1S/C22H18BrN5OS/c1-28-21(16-8-5-10-18(23)12-16)26-27-22(28)30-14-20(29)25-24-13-17-9-4-7-15-6-2-3-11-19(15)17/h2-13H,14H2,1H3,(H,25,29)/b24-13+. The predicted octanol–water partition coefficient (Wildman–Crippen LogP) is 4.64. The Morgan fingerprint density at radius 1 is 1.13 bits per heavy atom. The van der Waals surface area contributed by atoms with Gasteiger partial charge >= 0.3 is 0 Å². The lowest BCUT2D eigenvalue weighted by molar-refractivity contribution is -0.118. The molecule has 30 heavy (non-hydrogen) atoms. The Kier molecular flexibility index (Phi) is 6.25. The fourth-order valence-corrected chi connectivity index (χ4v) is 4.12. The van der Waals surface area contributed by atoms with Gasteiger partial charge in [0.1, 0.15) is 0 Å². The second kappa shape index (κ2) is 9.23. The van der Waals surface area contributed by atoms with Crippen molar-refractivity contribution in [3.05, 3.63) is 76.8 Å². The van der Waals surface area contributed by atoms with E-state index in [1.807, 2.05) is 78.3 Å². The topological polar surface area (TPSA) is 72.2 Å². The van der Waals surface area contributed by atoms with Gasteiger partial charge in [0.25, 0.3) is 5.91 Å². The van der Waals surface area contributed by atoms with Gasteiger partial charge in [0.2, 0.25) is 0 Å². The zero-order chi connectivity index (χ0) is 20.9. The van der Waals surface area contributed by atoms with E-state index in [1.165, 1.54) is 11.8 Å². The minimum absolute atomic E-state index is 0.192. The number of nitrogens with one attached hydrogen (secondary N) is 1.